The molecule has 1 saturated carbocycles. The van der Waals surface area contributed by atoms with E-state index in [2.05, 4.69) is 31.9 Å². The highest BCUT2D eigenvalue weighted by Crippen LogP contribution is 2.54. The van der Waals surface area contributed by atoms with Crippen LogP contribution in [0.4, 0.5) is 0 Å². The maximum atomic E-state index is 6.15. The van der Waals surface area contributed by atoms with Gasteiger partial charge in [0.15, 0.2) is 11.0 Å². The molecule has 1 aliphatic rings. The summed E-state index contributed by atoms with van der Waals surface area (Å²) >= 11 is 13.9. The summed E-state index contributed by atoms with van der Waals surface area (Å²) in [6, 6.07) is 14.2. The number of hydrogen-bond acceptors (Lipinski definition) is 4. The van der Waals surface area contributed by atoms with Crippen LogP contribution in [0.15, 0.2) is 60.0 Å². The highest BCUT2D eigenvalue weighted by atomic mass is 35.5. The quantitative estimate of drug-likeness (QED) is 0.452. The van der Waals surface area contributed by atoms with E-state index in [0.29, 0.717) is 12.5 Å². The van der Waals surface area contributed by atoms with Gasteiger partial charge in [0.2, 0.25) is 0 Å². The lowest BCUT2D eigenvalue weighted by molar-refractivity contribution is 0.713. The average Bonchev–Trinajstić information content (AvgIpc) is 3.06. The lowest BCUT2D eigenvalue weighted by atomic mass is 10.2. The van der Waals surface area contributed by atoms with Crippen LogP contribution in [0.2, 0.25) is 0 Å². The predicted octanol–water partition coefficient (Wildman–Crippen LogP) is 4.67. The van der Waals surface area contributed by atoms with Gasteiger partial charge in [0.25, 0.3) is 0 Å². The van der Waals surface area contributed by atoms with Crippen LogP contribution in [0.5, 0.6) is 0 Å². The predicted molar refractivity (Wildman–Crippen MR) is 102 cm³/mol. The van der Waals surface area contributed by atoms with E-state index in [1.54, 1.807) is 18.0 Å². The molecule has 0 bridgehead atoms. The zero-order valence-electron chi connectivity index (χ0n) is 13.3. The molecule has 3 aromatic rings. The second-order valence-electron chi connectivity index (χ2n) is 6.09. The number of rotatable bonds is 6. The van der Waals surface area contributed by atoms with Crippen LogP contribution in [0.25, 0.3) is 11.4 Å². The van der Waals surface area contributed by atoms with Crippen LogP contribution in [-0.2, 0) is 6.54 Å². The van der Waals surface area contributed by atoms with Gasteiger partial charge in [-0.15, -0.1) is 33.4 Å². The molecule has 0 amide bonds. The van der Waals surface area contributed by atoms with Gasteiger partial charge in [-0.2, -0.15) is 0 Å². The fourth-order valence-electron chi connectivity index (χ4n) is 2.64. The van der Waals surface area contributed by atoms with Gasteiger partial charge < -0.3 is 0 Å². The van der Waals surface area contributed by atoms with Crippen molar-refractivity contribution >= 4 is 35.0 Å². The van der Waals surface area contributed by atoms with Crippen molar-refractivity contribution in [2.75, 3.05) is 5.75 Å². The summed E-state index contributed by atoms with van der Waals surface area (Å²) in [5.41, 5.74) is 2.15. The maximum Gasteiger partial charge on any atom is 0.191 e. The zero-order chi connectivity index (χ0) is 17.3. The van der Waals surface area contributed by atoms with Crippen molar-refractivity contribution in [3.63, 3.8) is 0 Å². The Balaban J connectivity index is 1.63. The minimum Gasteiger partial charge on any atom is -0.298 e. The fraction of sp³-hybridized carbons (Fsp3) is 0.278. The zero-order valence-corrected chi connectivity index (χ0v) is 15.7. The van der Waals surface area contributed by atoms with Crippen molar-refractivity contribution in [1.82, 2.24) is 19.7 Å². The van der Waals surface area contributed by atoms with Gasteiger partial charge in [-0.3, -0.25) is 9.55 Å². The molecule has 1 atom stereocenters. The van der Waals surface area contributed by atoms with Gasteiger partial charge in [-0.05, 0) is 24.1 Å². The summed E-state index contributed by atoms with van der Waals surface area (Å²) in [5.74, 6) is 1.97. The highest BCUT2D eigenvalue weighted by molar-refractivity contribution is 7.99. The van der Waals surface area contributed by atoms with Crippen molar-refractivity contribution in [3.8, 4) is 11.4 Å². The first-order valence-electron chi connectivity index (χ1n) is 8.01. The van der Waals surface area contributed by atoms with Crippen LogP contribution in [0.3, 0.4) is 0 Å². The van der Waals surface area contributed by atoms with Gasteiger partial charge >= 0.3 is 0 Å². The number of pyridine rings is 1. The standard InChI is InChI=1S/C18H16Cl2N4S/c19-18(20)9-15(18)12-25-17-23-22-16(14-7-4-8-21-10-14)24(17)11-13-5-2-1-3-6-13/h1-8,10,15H,9,11-12H2. The van der Waals surface area contributed by atoms with E-state index in [1.165, 1.54) is 5.56 Å². The lowest BCUT2D eigenvalue weighted by Gasteiger charge is -2.10. The Morgan fingerprint density at radius 3 is 2.60 bits per heavy atom. The molecule has 2 heterocycles. The van der Waals surface area contributed by atoms with Crippen LogP contribution in [0, 0.1) is 5.92 Å². The fourth-order valence-corrected chi connectivity index (χ4v) is 4.51. The minimum absolute atomic E-state index is 0.310. The summed E-state index contributed by atoms with van der Waals surface area (Å²) in [4.78, 5) is 4.20. The maximum absolute atomic E-state index is 6.15. The SMILES string of the molecule is ClC1(Cl)CC1CSc1nnc(-c2cccnc2)n1Cc1ccccc1. The van der Waals surface area contributed by atoms with E-state index in [1.807, 2.05) is 36.5 Å². The average molecular weight is 391 g/mol. The third-order valence-corrected chi connectivity index (χ3v) is 6.24. The number of thioether (sulfide) groups is 1. The Kier molecular flexibility index (Phi) is 4.71. The van der Waals surface area contributed by atoms with E-state index in [9.17, 15) is 0 Å². The molecule has 4 nitrogen and oxygen atoms in total. The molecular formula is C18H16Cl2N4S. The third-order valence-electron chi connectivity index (χ3n) is 4.19. The van der Waals surface area contributed by atoms with Crippen LogP contribution < -0.4 is 0 Å². The molecule has 1 aromatic carbocycles. The molecule has 25 heavy (non-hydrogen) atoms. The molecule has 7 heteroatoms. The van der Waals surface area contributed by atoms with Crippen LogP contribution >= 0.6 is 35.0 Å². The Morgan fingerprint density at radius 2 is 1.92 bits per heavy atom. The van der Waals surface area contributed by atoms with Gasteiger partial charge in [-0.25, -0.2) is 0 Å². The lowest BCUT2D eigenvalue weighted by Crippen LogP contribution is -2.05. The minimum atomic E-state index is -0.566. The number of halogens is 2. The largest absolute Gasteiger partial charge is 0.298 e. The Labute approximate surface area is 160 Å². The number of nitrogens with zero attached hydrogens (tertiary/aromatic N) is 4. The molecule has 2 aromatic heterocycles. The van der Waals surface area contributed by atoms with E-state index < -0.39 is 4.33 Å². The number of benzene rings is 1. The summed E-state index contributed by atoms with van der Waals surface area (Å²) in [6.07, 6.45) is 4.40. The van der Waals surface area contributed by atoms with Crippen molar-refractivity contribution in [2.45, 2.75) is 22.5 Å². The first kappa shape index (κ1) is 16.9. The second-order valence-corrected chi connectivity index (χ2v) is 8.62. The Bertz CT molecular complexity index is 852. The van der Waals surface area contributed by atoms with Crippen molar-refractivity contribution in [1.29, 1.82) is 0 Å². The molecule has 128 valence electrons. The van der Waals surface area contributed by atoms with E-state index in [4.69, 9.17) is 23.2 Å². The Hall–Kier alpha value is -1.56. The van der Waals surface area contributed by atoms with Crippen molar-refractivity contribution in [2.24, 2.45) is 5.92 Å². The molecule has 0 spiro atoms. The van der Waals surface area contributed by atoms with Gasteiger partial charge in [0, 0.05) is 29.6 Å². The molecule has 0 saturated heterocycles. The molecule has 0 aliphatic heterocycles. The smallest absolute Gasteiger partial charge is 0.191 e. The first-order valence-corrected chi connectivity index (χ1v) is 9.76. The van der Waals surface area contributed by atoms with Crippen LogP contribution in [-0.4, -0.2) is 29.8 Å². The number of aromatic nitrogens is 4. The normalized spacial score (nSPS) is 18.2. The summed E-state index contributed by atoms with van der Waals surface area (Å²) in [7, 11) is 0. The van der Waals surface area contributed by atoms with E-state index in [0.717, 1.165) is 28.7 Å². The molecule has 4 rings (SSSR count). The first-order chi connectivity index (χ1) is 12.1. The molecule has 1 unspecified atom stereocenters. The number of hydrogen-bond donors (Lipinski definition) is 0. The van der Waals surface area contributed by atoms with E-state index >= 15 is 0 Å². The van der Waals surface area contributed by atoms with Crippen molar-refractivity contribution in [3.05, 3.63) is 60.4 Å². The van der Waals surface area contributed by atoms with Crippen LogP contribution in [0.1, 0.15) is 12.0 Å². The molecule has 1 aliphatic carbocycles. The van der Waals surface area contributed by atoms with Crippen molar-refractivity contribution < 1.29 is 0 Å². The summed E-state index contributed by atoms with van der Waals surface area (Å²) in [6.45, 7) is 0.706. The van der Waals surface area contributed by atoms with E-state index in [-0.39, 0.29) is 0 Å². The summed E-state index contributed by atoms with van der Waals surface area (Å²) in [5, 5.41) is 9.68. The molecule has 1 fully saturated rings. The highest BCUT2D eigenvalue weighted by Gasteiger charge is 2.51. The van der Waals surface area contributed by atoms with Gasteiger partial charge in [0.05, 0.1) is 6.54 Å². The molecule has 0 radical (unpaired) electrons. The molecule has 0 N–H and O–H groups in total. The van der Waals surface area contributed by atoms with Gasteiger partial charge in [-0.1, -0.05) is 42.1 Å². The monoisotopic (exact) mass is 390 g/mol. The Morgan fingerprint density at radius 1 is 1.12 bits per heavy atom. The second kappa shape index (κ2) is 6.98. The van der Waals surface area contributed by atoms with Gasteiger partial charge in [0.1, 0.15) is 4.33 Å². The summed E-state index contributed by atoms with van der Waals surface area (Å²) < 4.78 is 1.56. The number of alkyl halides is 2. The third kappa shape index (κ3) is 3.84. The topological polar surface area (TPSA) is 43.6 Å². The molecular weight excluding hydrogens is 375 g/mol.